The molecule has 0 amide bonds. The van der Waals surface area contributed by atoms with E-state index in [0.29, 0.717) is 5.56 Å². The summed E-state index contributed by atoms with van der Waals surface area (Å²) >= 11 is 0. The molecule has 4 nitrogen and oxygen atoms in total. The van der Waals surface area contributed by atoms with Gasteiger partial charge in [-0.3, -0.25) is 0 Å². The average Bonchev–Trinajstić information content (AvgIpc) is 2.54. The molecule has 0 saturated carbocycles. The lowest BCUT2D eigenvalue weighted by Crippen LogP contribution is -2.34. The number of nitriles is 1. The van der Waals surface area contributed by atoms with Crippen LogP contribution in [0.1, 0.15) is 48.9 Å². The minimum Gasteiger partial charge on any atom is -0.376 e. The van der Waals surface area contributed by atoms with E-state index in [-0.39, 0.29) is 6.10 Å². The number of likely N-dealkylation sites (N-methyl/N-ethyl adjacent to an activating group) is 1. The molecule has 3 rings (SSSR count). The summed E-state index contributed by atoms with van der Waals surface area (Å²) in [6.07, 6.45) is 8.31. The van der Waals surface area contributed by atoms with E-state index in [0.717, 1.165) is 38.2 Å². The third-order valence-electron chi connectivity index (χ3n) is 4.51. The van der Waals surface area contributed by atoms with Crippen molar-refractivity contribution in [3.63, 3.8) is 0 Å². The van der Waals surface area contributed by atoms with Gasteiger partial charge < -0.3 is 9.64 Å². The molecule has 0 aromatic carbocycles. The molecule has 1 aliphatic heterocycles. The third kappa shape index (κ3) is 3.19. The lowest BCUT2D eigenvalue weighted by molar-refractivity contribution is 0.0215. The first-order valence-electron chi connectivity index (χ1n) is 8.03. The zero-order chi connectivity index (χ0) is 14.7. The van der Waals surface area contributed by atoms with Crippen molar-refractivity contribution in [1.29, 1.82) is 5.26 Å². The van der Waals surface area contributed by atoms with Crippen LogP contribution in [0.4, 0.5) is 5.82 Å². The number of hydrogen-bond donors (Lipinski definition) is 0. The smallest absolute Gasteiger partial charge is 0.146 e. The Morgan fingerprint density at radius 1 is 1.33 bits per heavy atom. The van der Waals surface area contributed by atoms with Crippen LogP contribution in [-0.2, 0) is 17.6 Å². The van der Waals surface area contributed by atoms with Gasteiger partial charge in [0.25, 0.3) is 0 Å². The summed E-state index contributed by atoms with van der Waals surface area (Å²) in [5.41, 5.74) is 3.16. The van der Waals surface area contributed by atoms with E-state index in [1.165, 1.54) is 36.9 Å². The zero-order valence-corrected chi connectivity index (χ0v) is 12.8. The first-order chi connectivity index (χ1) is 10.3. The normalized spacial score (nSPS) is 21.4. The predicted molar refractivity (Wildman–Crippen MR) is 82.5 cm³/mol. The summed E-state index contributed by atoms with van der Waals surface area (Å²) in [6.45, 7) is 1.68. The average molecular weight is 285 g/mol. The first-order valence-corrected chi connectivity index (χ1v) is 8.03. The van der Waals surface area contributed by atoms with E-state index in [1.807, 2.05) is 7.05 Å². The molecule has 0 spiro atoms. The van der Waals surface area contributed by atoms with Crippen LogP contribution in [0, 0.1) is 11.3 Å². The molecular weight excluding hydrogens is 262 g/mol. The summed E-state index contributed by atoms with van der Waals surface area (Å²) in [6, 6.07) is 4.37. The van der Waals surface area contributed by atoms with Crippen LogP contribution in [0.15, 0.2) is 6.07 Å². The molecule has 0 bridgehead atoms. The van der Waals surface area contributed by atoms with Gasteiger partial charge in [-0.1, -0.05) is 0 Å². The van der Waals surface area contributed by atoms with Crippen molar-refractivity contribution >= 4 is 5.82 Å². The second-order valence-corrected chi connectivity index (χ2v) is 6.15. The maximum absolute atomic E-state index is 9.43. The standard InChI is InChI=1S/C17H23N3O/c1-20(12-15-7-4-5-9-21-15)17-14(11-18)10-13-6-2-3-8-16(13)19-17/h10,15H,2-9,12H2,1H3. The van der Waals surface area contributed by atoms with E-state index < -0.39 is 0 Å². The Bertz CT molecular complexity index is 544. The lowest BCUT2D eigenvalue weighted by Gasteiger charge is -2.29. The van der Waals surface area contributed by atoms with E-state index in [4.69, 9.17) is 9.72 Å². The molecular formula is C17H23N3O. The minimum atomic E-state index is 0.271. The van der Waals surface area contributed by atoms with Gasteiger partial charge in [-0.15, -0.1) is 0 Å². The summed E-state index contributed by atoms with van der Waals surface area (Å²) in [7, 11) is 2.02. The molecule has 2 aliphatic rings. The molecule has 1 atom stereocenters. The Morgan fingerprint density at radius 2 is 2.19 bits per heavy atom. The molecule has 2 heterocycles. The lowest BCUT2D eigenvalue weighted by atomic mass is 9.95. The van der Waals surface area contributed by atoms with E-state index in [2.05, 4.69) is 17.0 Å². The van der Waals surface area contributed by atoms with Gasteiger partial charge in [0.2, 0.25) is 0 Å². The van der Waals surface area contributed by atoms with Crippen LogP contribution < -0.4 is 4.90 Å². The number of rotatable bonds is 3. The fourth-order valence-electron chi connectivity index (χ4n) is 3.34. The highest BCUT2D eigenvalue weighted by atomic mass is 16.5. The van der Waals surface area contributed by atoms with Gasteiger partial charge >= 0.3 is 0 Å². The van der Waals surface area contributed by atoms with Crippen molar-refractivity contribution in [3.05, 3.63) is 22.9 Å². The number of aromatic nitrogens is 1. The molecule has 0 radical (unpaired) electrons. The van der Waals surface area contributed by atoms with E-state index >= 15 is 0 Å². The van der Waals surface area contributed by atoms with Crippen molar-refractivity contribution < 1.29 is 4.74 Å². The molecule has 1 aromatic rings. The molecule has 21 heavy (non-hydrogen) atoms. The van der Waals surface area contributed by atoms with Crippen molar-refractivity contribution in [3.8, 4) is 6.07 Å². The number of pyridine rings is 1. The fraction of sp³-hybridized carbons (Fsp3) is 0.647. The SMILES string of the molecule is CN(CC1CCCCO1)c1nc2c(cc1C#N)CCCC2. The molecule has 4 heteroatoms. The topological polar surface area (TPSA) is 49.1 Å². The van der Waals surface area contributed by atoms with Gasteiger partial charge in [0.15, 0.2) is 0 Å². The van der Waals surface area contributed by atoms with Crippen LogP contribution in [-0.4, -0.2) is 31.3 Å². The third-order valence-corrected chi connectivity index (χ3v) is 4.51. The van der Waals surface area contributed by atoms with Gasteiger partial charge in [-0.05, 0) is 56.6 Å². The van der Waals surface area contributed by atoms with Crippen LogP contribution in [0.3, 0.4) is 0 Å². The molecule has 1 aliphatic carbocycles. The van der Waals surface area contributed by atoms with Gasteiger partial charge in [0.05, 0.1) is 11.7 Å². The number of hydrogen-bond acceptors (Lipinski definition) is 4. The quantitative estimate of drug-likeness (QED) is 0.857. The molecule has 1 fully saturated rings. The van der Waals surface area contributed by atoms with Crippen LogP contribution in [0.5, 0.6) is 0 Å². The number of nitrogens with zero attached hydrogens (tertiary/aromatic N) is 3. The number of anilines is 1. The summed E-state index contributed by atoms with van der Waals surface area (Å²) < 4.78 is 5.80. The monoisotopic (exact) mass is 285 g/mol. The zero-order valence-electron chi connectivity index (χ0n) is 12.8. The van der Waals surface area contributed by atoms with Crippen molar-refractivity contribution in [2.45, 2.75) is 51.0 Å². The Morgan fingerprint density at radius 3 is 2.95 bits per heavy atom. The minimum absolute atomic E-state index is 0.271. The molecule has 1 aromatic heterocycles. The van der Waals surface area contributed by atoms with Crippen molar-refractivity contribution in [1.82, 2.24) is 4.98 Å². The number of aryl methyl sites for hydroxylation is 2. The second kappa shape index (κ2) is 6.44. The molecule has 1 unspecified atom stereocenters. The van der Waals surface area contributed by atoms with Crippen LogP contribution in [0.2, 0.25) is 0 Å². The number of ether oxygens (including phenoxy) is 1. The Hall–Kier alpha value is -1.60. The molecule has 0 N–H and O–H groups in total. The van der Waals surface area contributed by atoms with Crippen molar-refractivity contribution in [2.24, 2.45) is 0 Å². The maximum Gasteiger partial charge on any atom is 0.146 e. The van der Waals surface area contributed by atoms with Crippen molar-refractivity contribution in [2.75, 3.05) is 25.1 Å². The van der Waals surface area contributed by atoms with Gasteiger partial charge in [0, 0.05) is 25.9 Å². The summed E-state index contributed by atoms with van der Waals surface area (Å²) in [4.78, 5) is 6.90. The number of fused-ring (bicyclic) bond motifs is 1. The highest BCUT2D eigenvalue weighted by Crippen LogP contribution is 2.26. The highest BCUT2D eigenvalue weighted by molar-refractivity contribution is 5.56. The molecule has 1 saturated heterocycles. The largest absolute Gasteiger partial charge is 0.376 e. The Balaban J connectivity index is 1.81. The summed E-state index contributed by atoms with van der Waals surface area (Å²) in [5, 5.41) is 9.43. The van der Waals surface area contributed by atoms with Gasteiger partial charge in [0.1, 0.15) is 11.9 Å². The highest BCUT2D eigenvalue weighted by Gasteiger charge is 2.21. The fourth-order valence-corrected chi connectivity index (χ4v) is 3.34. The Labute approximate surface area is 126 Å². The van der Waals surface area contributed by atoms with Gasteiger partial charge in [-0.2, -0.15) is 5.26 Å². The van der Waals surface area contributed by atoms with E-state index in [1.54, 1.807) is 0 Å². The van der Waals surface area contributed by atoms with Crippen LogP contribution >= 0.6 is 0 Å². The predicted octanol–water partition coefficient (Wildman–Crippen LogP) is 2.84. The Kier molecular flexibility index (Phi) is 4.40. The summed E-state index contributed by atoms with van der Waals surface area (Å²) in [5.74, 6) is 0.826. The maximum atomic E-state index is 9.43. The van der Waals surface area contributed by atoms with Crippen LogP contribution in [0.25, 0.3) is 0 Å². The molecule has 112 valence electrons. The second-order valence-electron chi connectivity index (χ2n) is 6.15. The van der Waals surface area contributed by atoms with Gasteiger partial charge in [-0.25, -0.2) is 4.98 Å². The van der Waals surface area contributed by atoms with E-state index in [9.17, 15) is 5.26 Å². The first kappa shape index (κ1) is 14.3.